The fourth-order valence-corrected chi connectivity index (χ4v) is 4.18. The molecule has 0 aliphatic carbocycles. The number of hydrogen-bond donors (Lipinski definition) is 2. The van der Waals surface area contributed by atoms with Gasteiger partial charge in [-0.1, -0.05) is 71.0 Å². The molecule has 0 saturated heterocycles. The zero-order valence-electron chi connectivity index (χ0n) is 24.3. The second-order valence-corrected chi connectivity index (χ2v) is 10.8. The second-order valence-electron chi connectivity index (χ2n) is 10.8. The van der Waals surface area contributed by atoms with Crippen LogP contribution in [0.15, 0.2) is 42.0 Å². The van der Waals surface area contributed by atoms with Crippen LogP contribution >= 0.6 is 0 Å². The van der Waals surface area contributed by atoms with E-state index in [1.807, 2.05) is 71.9 Å². The van der Waals surface area contributed by atoms with E-state index in [0.717, 1.165) is 5.56 Å². The van der Waals surface area contributed by atoms with Gasteiger partial charge >= 0.3 is 5.97 Å². The van der Waals surface area contributed by atoms with Gasteiger partial charge in [0.1, 0.15) is 12.1 Å². The Morgan fingerprint density at radius 3 is 2.16 bits per heavy atom. The highest BCUT2D eigenvalue weighted by molar-refractivity contribution is 5.91. The molecule has 0 bridgehead atoms. The number of benzene rings is 1. The highest BCUT2D eigenvalue weighted by atomic mass is 16.5. The molecule has 8 heteroatoms. The molecule has 0 unspecified atom stereocenters. The van der Waals surface area contributed by atoms with Crippen LogP contribution in [0.2, 0.25) is 0 Å². The van der Waals surface area contributed by atoms with Crippen LogP contribution < -0.4 is 10.6 Å². The van der Waals surface area contributed by atoms with Crippen molar-refractivity contribution in [3.8, 4) is 0 Å². The maximum Gasteiger partial charge on any atom is 0.333 e. The summed E-state index contributed by atoms with van der Waals surface area (Å²) in [4.78, 5) is 40.8. The smallest absolute Gasteiger partial charge is 0.333 e. The van der Waals surface area contributed by atoms with Gasteiger partial charge < -0.3 is 25.0 Å². The Balaban J connectivity index is 3.09. The summed E-state index contributed by atoms with van der Waals surface area (Å²) in [5.74, 6) is -0.921. The van der Waals surface area contributed by atoms with E-state index >= 15 is 0 Å². The third-order valence-corrected chi connectivity index (χ3v) is 6.26. The predicted octanol–water partition coefficient (Wildman–Crippen LogP) is 3.70. The molecule has 1 aromatic rings. The number of ether oxygens (including phenoxy) is 2. The third-order valence-electron chi connectivity index (χ3n) is 6.26. The number of carbonyl (C=O) groups is 3. The largest absolute Gasteiger partial charge is 0.463 e. The lowest BCUT2D eigenvalue weighted by atomic mass is 9.84. The number of likely N-dealkylation sites (N-methyl/N-ethyl adjacent to an activating group) is 2. The van der Waals surface area contributed by atoms with Crippen molar-refractivity contribution in [2.45, 2.75) is 86.2 Å². The Kier molecular flexibility index (Phi) is 13.0. The standard InChI is InChI=1S/C29H47N3O5/c1-11-36-28(35)20(4)17-23(19(2)3)31-26(33)25(29(6,7)8)32(10)27(34)24(30-9)21(5)37-18-22-15-13-12-14-16-22/h12-17,19,21,23-25,30H,11,18H2,1-10H3,(H,31,33)/b20-17+/t21-,23-,24+,25-/m1/s1. The first-order valence-electron chi connectivity index (χ1n) is 13.0. The van der Waals surface area contributed by atoms with Crippen LogP contribution in [0.3, 0.4) is 0 Å². The van der Waals surface area contributed by atoms with Crippen molar-refractivity contribution < 1.29 is 23.9 Å². The molecule has 2 amide bonds. The molecule has 0 saturated carbocycles. The van der Waals surface area contributed by atoms with Gasteiger partial charge in [-0.05, 0) is 44.7 Å². The summed E-state index contributed by atoms with van der Waals surface area (Å²) in [7, 11) is 3.36. The Bertz CT molecular complexity index is 908. The van der Waals surface area contributed by atoms with Crippen LogP contribution in [-0.4, -0.2) is 67.6 Å². The van der Waals surface area contributed by atoms with Crippen LogP contribution in [-0.2, 0) is 30.5 Å². The number of rotatable bonds is 13. The zero-order valence-corrected chi connectivity index (χ0v) is 24.3. The van der Waals surface area contributed by atoms with Gasteiger partial charge in [-0.25, -0.2) is 4.79 Å². The summed E-state index contributed by atoms with van der Waals surface area (Å²) in [5, 5.41) is 6.12. The van der Waals surface area contributed by atoms with Gasteiger partial charge in [0, 0.05) is 12.6 Å². The minimum absolute atomic E-state index is 0.0198. The summed E-state index contributed by atoms with van der Waals surface area (Å²) in [6, 6.07) is 7.97. The SMILES string of the molecule is CCOC(=O)/C(C)=C/[C@@H](NC(=O)[C@@H](N(C)C(=O)[C@@H](NC)[C@@H](C)OCc1ccccc1)C(C)(C)C)C(C)C. The van der Waals surface area contributed by atoms with E-state index in [4.69, 9.17) is 9.47 Å². The Hall–Kier alpha value is -2.71. The van der Waals surface area contributed by atoms with E-state index in [1.165, 1.54) is 4.90 Å². The normalized spacial score (nSPS) is 15.5. The van der Waals surface area contributed by atoms with Gasteiger partial charge in [0.2, 0.25) is 11.8 Å². The molecule has 1 aromatic carbocycles. The Morgan fingerprint density at radius 1 is 1.08 bits per heavy atom. The van der Waals surface area contributed by atoms with Crippen LogP contribution in [0.4, 0.5) is 0 Å². The van der Waals surface area contributed by atoms with Crippen molar-refractivity contribution >= 4 is 17.8 Å². The molecule has 0 spiro atoms. The summed E-state index contributed by atoms with van der Waals surface area (Å²) < 4.78 is 11.1. The Morgan fingerprint density at radius 2 is 1.68 bits per heavy atom. The highest BCUT2D eigenvalue weighted by Crippen LogP contribution is 2.26. The van der Waals surface area contributed by atoms with Crippen LogP contribution in [0.1, 0.15) is 61.0 Å². The molecular formula is C29H47N3O5. The first-order valence-corrected chi connectivity index (χ1v) is 13.0. The van der Waals surface area contributed by atoms with Crippen LogP contribution in [0.5, 0.6) is 0 Å². The van der Waals surface area contributed by atoms with Crippen molar-refractivity contribution in [3.05, 3.63) is 47.5 Å². The van der Waals surface area contributed by atoms with E-state index in [2.05, 4.69) is 10.6 Å². The molecule has 0 fully saturated rings. The van der Waals surface area contributed by atoms with Crippen molar-refractivity contribution in [2.24, 2.45) is 11.3 Å². The average Bonchev–Trinajstić information content (AvgIpc) is 2.82. The number of nitrogens with zero attached hydrogens (tertiary/aromatic N) is 1. The average molecular weight is 518 g/mol. The van der Waals surface area contributed by atoms with Crippen molar-refractivity contribution in [1.82, 2.24) is 15.5 Å². The summed E-state index contributed by atoms with van der Waals surface area (Å²) in [6.45, 7) is 15.6. The molecule has 0 radical (unpaired) electrons. The van der Waals surface area contributed by atoms with Gasteiger partial charge in [-0.15, -0.1) is 0 Å². The van der Waals surface area contributed by atoms with Crippen molar-refractivity contribution in [1.29, 1.82) is 0 Å². The van der Waals surface area contributed by atoms with E-state index in [0.29, 0.717) is 12.2 Å². The minimum Gasteiger partial charge on any atom is -0.463 e. The summed E-state index contributed by atoms with van der Waals surface area (Å²) >= 11 is 0. The third kappa shape index (κ3) is 9.93. The number of carbonyl (C=O) groups excluding carboxylic acids is 3. The van der Waals surface area contributed by atoms with Crippen LogP contribution in [0.25, 0.3) is 0 Å². The Labute approximate surface area is 223 Å². The van der Waals surface area contributed by atoms with E-state index < -0.39 is 35.6 Å². The highest BCUT2D eigenvalue weighted by Gasteiger charge is 2.40. The van der Waals surface area contributed by atoms with E-state index in [9.17, 15) is 14.4 Å². The fraction of sp³-hybridized carbons (Fsp3) is 0.621. The lowest BCUT2D eigenvalue weighted by Gasteiger charge is -2.40. The molecule has 4 atom stereocenters. The van der Waals surface area contributed by atoms with Crippen molar-refractivity contribution in [2.75, 3.05) is 20.7 Å². The van der Waals surface area contributed by atoms with Gasteiger partial charge in [-0.2, -0.15) is 0 Å². The molecular weight excluding hydrogens is 470 g/mol. The molecule has 208 valence electrons. The molecule has 0 aliphatic heterocycles. The summed E-state index contributed by atoms with van der Waals surface area (Å²) in [5.41, 5.74) is 0.891. The molecule has 0 heterocycles. The number of amides is 2. The first-order chi connectivity index (χ1) is 17.2. The lowest BCUT2D eigenvalue weighted by molar-refractivity contribution is -0.147. The molecule has 1 rings (SSSR count). The predicted molar refractivity (Wildman–Crippen MR) is 147 cm³/mol. The number of hydrogen-bond acceptors (Lipinski definition) is 6. The zero-order chi connectivity index (χ0) is 28.3. The number of nitrogens with one attached hydrogen (secondary N) is 2. The quantitative estimate of drug-likeness (QED) is 0.306. The molecule has 8 nitrogen and oxygen atoms in total. The van der Waals surface area contributed by atoms with E-state index in [-0.39, 0.29) is 24.3 Å². The topological polar surface area (TPSA) is 97.0 Å². The van der Waals surface area contributed by atoms with Crippen LogP contribution in [0, 0.1) is 11.3 Å². The summed E-state index contributed by atoms with van der Waals surface area (Å²) in [6.07, 6.45) is 1.29. The maximum absolute atomic E-state index is 13.6. The fourth-order valence-electron chi connectivity index (χ4n) is 4.18. The molecule has 2 N–H and O–H groups in total. The maximum atomic E-state index is 13.6. The van der Waals surface area contributed by atoms with Gasteiger partial charge in [-0.3, -0.25) is 9.59 Å². The second kappa shape index (κ2) is 14.9. The molecule has 0 aliphatic rings. The monoisotopic (exact) mass is 517 g/mol. The minimum atomic E-state index is -0.755. The van der Waals surface area contributed by atoms with Gasteiger partial charge in [0.05, 0.1) is 25.4 Å². The van der Waals surface area contributed by atoms with Gasteiger partial charge in [0.25, 0.3) is 0 Å². The van der Waals surface area contributed by atoms with Gasteiger partial charge in [0.15, 0.2) is 0 Å². The number of esters is 1. The molecule has 0 aromatic heterocycles. The molecule has 37 heavy (non-hydrogen) atoms. The van der Waals surface area contributed by atoms with E-state index in [1.54, 1.807) is 34.0 Å². The lowest BCUT2D eigenvalue weighted by Crippen LogP contribution is -2.60. The first kappa shape index (κ1) is 32.3. The van der Waals surface area contributed by atoms with Crippen molar-refractivity contribution in [3.63, 3.8) is 0 Å².